The van der Waals surface area contributed by atoms with Gasteiger partial charge in [-0.3, -0.25) is 4.79 Å². The van der Waals surface area contributed by atoms with Crippen LogP contribution in [0.25, 0.3) is 0 Å². The van der Waals surface area contributed by atoms with E-state index < -0.39 is 5.97 Å². The van der Waals surface area contributed by atoms with Crippen molar-refractivity contribution in [2.75, 3.05) is 19.5 Å². The first-order chi connectivity index (χ1) is 11.9. The van der Waals surface area contributed by atoms with Crippen molar-refractivity contribution < 1.29 is 24.2 Å². The molecule has 0 fully saturated rings. The van der Waals surface area contributed by atoms with Crippen LogP contribution in [-0.2, 0) is 11.3 Å². The summed E-state index contributed by atoms with van der Waals surface area (Å²) in [4.78, 5) is 24.1. The van der Waals surface area contributed by atoms with Gasteiger partial charge in [-0.2, -0.15) is 0 Å². The molecule has 0 aliphatic heterocycles. The Morgan fingerprint density at radius 2 is 1.80 bits per heavy atom. The molecule has 25 heavy (non-hydrogen) atoms. The molecule has 0 atom stereocenters. The number of amides is 1. The number of methoxy groups -OCH3 is 2. The zero-order valence-corrected chi connectivity index (χ0v) is 14.7. The molecule has 1 amide bonds. The molecular formula is C19H21NO5. The van der Waals surface area contributed by atoms with E-state index in [1.54, 1.807) is 26.2 Å². The van der Waals surface area contributed by atoms with Gasteiger partial charge in [0.15, 0.2) is 0 Å². The maximum atomic E-state index is 12.7. The molecule has 2 aromatic rings. The Morgan fingerprint density at radius 1 is 1.08 bits per heavy atom. The van der Waals surface area contributed by atoms with Gasteiger partial charge in [0.1, 0.15) is 11.3 Å². The van der Waals surface area contributed by atoms with E-state index in [2.05, 4.69) is 5.32 Å². The highest BCUT2D eigenvalue weighted by atomic mass is 16.5. The van der Waals surface area contributed by atoms with Gasteiger partial charge in [0.2, 0.25) is 0 Å². The van der Waals surface area contributed by atoms with Crippen molar-refractivity contribution in [3.05, 3.63) is 58.1 Å². The monoisotopic (exact) mass is 343 g/mol. The lowest BCUT2D eigenvalue weighted by atomic mass is 10.0. The fourth-order valence-corrected chi connectivity index (χ4v) is 2.61. The summed E-state index contributed by atoms with van der Waals surface area (Å²) < 4.78 is 10.3. The van der Waals surface area contributed by atoms with E-state index in [1.807, 2.05) is 19.1 Å². The highest BCUT2D eigenvalue weighted by Gasteiger charge is 2.19. The summed E-state index contributed by atoms with van der Waals surface area (Å²) in [5.41, 5.74) is 3.36. The predicted octanol–water partition coefficient (Wildman–Crippen LogP) is 3.41. The molecule has 6 nitrogen and oxygen atoms in total. The number of nitrogens with one attached hydrogen (secondary N) is 1. The Morgan fingerprint density at radius 3 is 2.40 bits per heavy atom. The Balaban J connectivity index is 2.41. The van der Waals surface area contributed by atoms with Crippen LogP contribution < -0.4 is 10.1 Å². The third-order valence-corrected chi connectivity index (χ3v) is 3.97. The molecule has 0 heterocycles. The van der Waals surface area contributed by atoms with E-state index in [0.717, 1.165) is 11.1 Å². The normalized spacial score (nSPS) is 10.4. The maximum Gasteiger partial charge on any atom is 0.339 e. The average molecular weight is 343 g/mol. The van der Waals surface area contributed by atoms with E-state index in [1.165, 1.54) is 13.2 Å². The number of carboxylic acid groups (broad SMARTS) is 1. The molecule has 2 N–H and O–H groups in total. The zero-order valence-electron chi connectivity index (χ0n) is 14.7. The van der Waals surface area contributed by atoms with Crippen LogP contribution in [0.5, 0.6) is 5.75 Å². The molecule has 0 aliphatic carbocycles. The lowest BCUT2D eigenvalue weighted by Crippen LogP contribution is -2.16. The molecule has 0 saturated carbocycles. The Bertz CT molecular complexity index is 814. The van der Waals surface area contributed by atoms with Gasteiger partial charge in [-0.1, -0.05) is 12.1 Å². The fourth-order valence-electron chi connectivity index (χ4n) is 2.61. The minimum Gasteiger partial charge on any atom is -0.496 e. The summed E-state index contributed by atoms with van der Waals surface area (Å²) in [6.07, 6.45) is 0. The topological polar surface area (TPSA) is 84.9 Å². The number of rotatable bonds is 6. The van der Waals surface area contributed by atoms with Gasteiger partial charge in [0.25, 0.3) is 5.91 Å². The number of hydrogen-bond donors (Lipinski definition) is 2. The average Bonchev–Trinajstić information content (AvgIpc) is 2.57. The molecule has 6 heteroatoms. The molecule has 132 valence electrons. The van der Waals surface area contributed by atoms with E-state index in [4.69, 9.17) is 9.47 Å². The van der Waals surface area contributed by atoms with Crippen LogP contribution in [0.2, 0.25) is 0 Å². The second-order valence-electron chi connectivity index (χ2n) is 5.66. The standard InChI is InChI=1S/C19H21NO5/c1-11-6-5-7-16(15(11)10-24-3)20-18(21)13-9-14(19(22)23)17(25-4)8-12(13)2/h5-9H,10H2,1-4H3,(H,20,21)(H,22,23). The van der Waals surface area contributed by atoms with Crippen molar-refractivity contribution in [1.82, 2.24) is 0 Å². The summed E-state index contributed by atoms with van der Waals surface area (Å²) in [7, 11) is 2.98. The largest absolute Gasteiger partial charge is 0.496 e. The van der Waals surface area contributed by atoms with Gasteiger partial charge in [0, 0.05) is 23.9 Å². The van der Waals surface area contributed by atoms with E-state index >= 15 is 0 Å². The Hall–Kier alpha value is -2.86. The summed E-state index contributed by atoms with van der Waals surface area (Å²) >= 11 is 0. The summed E-state index contributed by atoms with van der Waals surface area (Å²) in [5.74, 6) is -1.32. The second-order valence-corrected chi connectivity index (χ2v) is 5.66. The predicted molar refractivity (Wildman–Crippen MR) is 94.5 cm³/mol. The minimum atomic E-state index is -1.15. The molecule has 0 radical (unpaired) electrons. The SMILES string of the molecule is COCc1c(C)cccc1NC(=O)c1cc(C(=O)O)c(OC)cc1C. The van der Waals surface area contributed by atoms with Gasteiger partial charge in [0.05, 0.1) is 13.7 Å². The van der Waals surface area contributed by atoms with E-state index in [9.17, 15) is 14.7 Å². The number of ether oxygens (including phenoxy) is 2. The number of benzene rings is 2. The summed E-state index contributed by atoms with van der Waals surface area (Å²) in [5, 5.41) is 12.2. The van der Waals surface area contributed by atoms with Crippen molar-refractivity contribution in [1.29, 1.82) is 0 Å². The molecule has 0 saturated heterocycles. The molecular weight excluding hydrogens is 322 g/mol. The van der Waals surface area contributed by atoms with Crippen LogP contribution in [0.1, 0.15) is 37.4 Å². The van der Waals surface area contributed by atoms with Crippen molar-refractivity contribution in [3.8, 4) is 5.75 Å². The summed E-state index contributed by atoms with van der Waals surface area (Å²) in [6.45, 7) is 4.03. The van der Waals surface area contributed by atoms with E-state index in [-0.39, 0.29) is 22.8 Å². The first-order valence-electron chi connectivity index (χ1n) is 7.69. The third kappa shape index (κ3) is 3.97. The van der Waals surface area contributed by atoms with Gasteiger partial charge in [-0.15, -0.1) is 0 Å². The fraction of sp³-hybridized carbons (Fsp3) is 0.263. The van der Waals surface area contributed by atoms with Crippen molar-refractivity contribution in [3.63, 3.8) is 0 Å². The smallest absolute Gasteiger partial charge is 0.339 e. The van der Waals surface area contributed by atoms with Crippen LogP contribution in [0.4, 0.5) is 5.69 Å². The first-order valence-corrected chi connectivity index (χ1v) is 7.69. The van der Waals surface area contributed by atoms with Crippen molar-refractivity contribution >= 4 is 17.6 Å². The van der Waals surface area contributed by atoms with Crippen LogP contribution in [0, 0.1) is 13.8 Å². The molecule has 2 rings (SSSR count). The molecule has 0 aliphatic rings. The maximum absolute atomic E-state index is 12.7. The van der Waals surface area contributed by atoms with Gasteiger partial charge in [-0.05, 0) is 43.2 Å². The minimum absolute atomic E-state index is 0.0559. The second kappa shape index (κ2) is 7.81. The van der Waals surface area contributed by atoms with Crippen LogP contribution in [0.3, 0.4) is 0 Å². The number of aromatic carboxylic acids is 1. The quantitative estimate of drug-likeness (QED) is 0.839. The lowest BCUT2D eigenvalue weighted by molar-refractivity contribution is 0.0693. The lowest BCUT2D eigenvalue weighted by Gasteiger charge is -2.15. The Kier molecular flexibility index (Phi) is 5.77. The highest BCUT2D eigenvalue weighted by Crippen LogP contribution is 2.26. The van der Waals surface area contributed by atoms with Crippen LogP contribution in [-0.4, -0.2) is 31.2 Å². The molecule has 0 aromatic heterocycles. The number of anilines is 1. The van der Waals surface area contributed by atoms with Gasteiger partial charge in [-0.25, -0.2) is 4.79 Å². The zero-order chi connectivity index (χ0) is 18.6. The van der Waals surface area contributed by atoms with Crippen LogP contribution >= 0.6 is 0 Å². The first kappa shape index (κ1) is 18.5. The van der Waals surface area contributed by atoms with Crippen LogP contribution in [0.15, 0.2) is 30.3 Å². The van der Waals surface area contributed by atoms with Crippen molar-refractivity contribution in [2.45, 2.75) is 20.5 Å². The number of carbonyl (C=O) groups excluding carboxylic acids is 1. The number of carbonyl (C=O) groups is 2. The molecule has 0 spiro atoms. The third-order valence-electron chi connectivity index (χ3n) is 3.97. The highest BCUT2D eigenvalue weighted by molar-refractivity contribution is 6.07. The number of aryl methyl sites for hydroxylation is 2. The molecule has 2 aromatic carbocycles. The van der Waals surface area contributed by atoms with Crippen molar-refractivity contribution in [2.24, 2.45) is 0 Å². The molecule has 0 bridgehead atoms. The Labute approximate surface area is 146 Å². The number of hydrogen-bond acceptors (Lipinski definition) is 4. The number of carboxylic acids is 1. The van der Waals surface area contributed by atoms with E-state index in [0.29, 0.717) is 17.9 Å². The van der Waals surface area contributed by atoms with Gasteiger partial charge >= 0.3 is 5.97 Å². The van der Waals surface area contributed by atoms with Gasteiger partial charge < -0.3 is 19.9 Å². The summed E-state index contributed by atoms with van der Waals surface area (Å²) in [6, 6.07) is 8.44. The molecule has 0 unspecified atom stereocenters.